The third kappa shape index (κ3) is 11.1. The van der Waals surface area contributed by atoms with Crippen molar-refractivity contribution >= 4 is 12.4 Å². The molecule has 3 aromatic rings. The molecule has 0 aliphatic carbocycles. The monoisotopic (exact) mass is 716 g/mol. The number of phenols is 3. The van der Waals surface area contributed by atoms with Crippen LogP contribution in [0.2, 0.25) is 0 Å². The molecule has 284 valence electrons. The summed E-state index contributed by atoms with van der Waals surface area (Å²) in [7, 11) is 0. The van der Waals surface area contributed by atoms with Gasteiger partial charge in [-0.2, -0.15) is 0 Å². The van der Waals surface area contributed by atoms with Crippen molar-refractivity contribution in [1.29, 1.82) is 0 Å². The minimum Gasteiger partial charge on any atom is -0.504 e. The Morgan fingerprint density at radius 1 is 0.615 bits per heavy atom. The van der Waals surface area contributed by atoms with Crippen LogP contribution in [0, 0.1) is 10.8 Å². The van der Waals surface area contributed by atoms with E-state index in [2.05, 4.69) is 37.5 Å². The number of aromatic hydroxyl groups is 3. The first-order chi connectivity index (χ1) is 24.5. The van der Waals surface area contributed by atoms with Crippen molar-refractivity contribution in [2.75, 3.05) is 39.3 Å². The number of rotatable bonds is 17. The van der Waals surface area contributed by atoms with Crippen LogP contribution in [0.25, 0.3) is 0 Å². The van der Waals surface area contributed by atoms with E-state index in [9.17, 15) is 15.3 Å². The molecule has 10 nitrogen and oxygen atoms in total. The van der Waals surface area contributed by atoms with Crippen LogP contribution in [0.3, 0.4) is 0 Å². The lowest BCUT2D eigenvalue weighted by Gasteiger charge is -2.38. The predicted octanol–water partition coefficient (Wildman–Crippen LogP) is 8.07. The van der Waals surface area contributed by atoms with Crippen molar-refractivity contribution < 1.29 is 29.5 Å². The van der Waals surface area contributed by atoms with Gasteiger partial charge in [0, 0.05) is 68.4 Å². The minimum absolute atomic E-state index is 0.0531. The van der Waals surface area contributed by atoms with Gasteiger partial charge in [0.25, 0.3) is 0 Å². The highest BCUT2D eigenvalue weighted by molar-refractivity contribution is 5.85. The van der Waals surface area contributed by atoms with Crippen LogP contribution in [0.1, 0.15) is 92.1 Å². The maximum atomic E-state index is 11.6. The van der Waals surface area contributed by atoms with E-state index in [0.717, 1.165) is 31.7 Å². The standard InChI is InChI=1S/C42H60N4O6/c1-28(2)50-34-17-11-14-31(37(34)47)22-43-24-41(7,8)26-45-20-21-46(40(45)33-16-13-19-36(39(33)49)52-30(5)6)27-42(9,10)25-44-23-32-15-12-18-35(38(32)48)51-29(3)4/h11-19,22-23,28-30,40,47-49H,20-21,24-27H2,1-10H3/b43-22+,44-23+. The molecule has 1 heterocycles. The zero-order chi connectivity index (χ0) is 38.2. The molecule has 0 bridgehead atoms. The van der Waals surface area contributed by atoms with Gasteiger partial charge in [0.2, 0.25) is 0 Å². The molecule has 0 saturated carbocycles. The Balaban J connectivity index is 1.54. The van der Waals surface area contributed by atoms with Crippen molar-refractivity contribution in [1.82, 2.24) is 9.80 Å². The molecular weight excluding hydrogens is 656 g/mol. The molecule has 0 spiro atoms. The van der Waals surface area contributed by atoms with Gasteiger partial charge in [-0.05, 0) is 82.7 Å². The van der Waals surface area contributed by atoms with Crippen molar-refractivity contribution in [3.8, 4) is 34.5 Å². The number of para-hydroxylation sites is 3. The lowest BCUT2D eigenvalue weighted by molar-refractivity contribution is 0.0752. The highest BCUT2D eigenvalue weighted by atomic mass is 16.5. The highest BCUT2D eigenvalue weighted by Gasteiger charge is 2.40. The van der Waals surface area contributed by atoms with Crippen LogP contribution < -0.4 is 14.2 Å². The largest absolute Gasteiger partial charge is 0.504 e. The molecule has 0 atom stereocenters. The summed E-state index contributed by atoms with van der Waals surface area (Å²) in [5.41, 5.74) is 1.56. The van der Waals surface area contributed by atoms with Gasteiger partial charge in [0.1, 0.15) is 0 Å². The molecule has 0 aromatic heterocycles. The van der Waals surface area contributed by atoms with Crippen molar-refractivity contribution in [2.24, 2.45) is 20.8 Å². The minimum atomic E-state index is -0.232. The van der Waals surface area contributed by atoms with Gasteiger partial charge in [0.05, 0.1) is 24.5 Å². The van der Waals surface area contributed by atoms with Gasteiger partial charge >= 0.3 is 0 Å². The number of phenolic OH excluding ortho intramolecular Hbond substituents is 3. The molecule has 52 heavy (non-hydrogen) atoms. The zero-order valence-electron chi connectivity index (χ0n) is 32.8. The fraction of sp³-hybridized carbons (Fsp3) is 0.524. The van der Waals surface area contributed by atoms with Crippen molar-refractivity contribution in [3.63, 3.8) is 0 Å². The van der Waals surface area contributed by atoms with Crippen LogP contribution >= 0.6 is 0 Å². The second-order valence-corrected chi connectivity index (χ2v) is 16.2. The first-order valence-corrected chi connectivity index (χ1v) is 18.4. The summed E-state index contributed by atoms with van der Waals surface area (Å²) in [6.07, 6.45) is 3.04. The normalized spacial score (nSPS) is 15.2. The lowest BCUT2D eigenvalue weighted by atomic mass is 9.91. The van der Waals surface area contributed by atoms with Crippen LogP contribution in [-0.4, -0.2) is 95.1 Å². The number of hydrogen-bond donors (Lipinski definition) is 3. The molecule has 3 aromatic carbocycles. The Bertz CT molecular complexity index is 1590. The molecule has 3 N–H and O–H groups in total. The number of hydrogen-bond acceptors (Lipinski definition) is 10. The fourth-order valence-electron chi connectivity index (χ4n) is 6.52. The Kier molecular flexibility index (Phi) is 13.6. The average Bonchev–Trinajstić information content (AvgIpc) is 3.40. The fourth-order valence-corrected chi connectivity index (χ4v) is 6.52. The third-order valence-corrected chi connectivity index (χ3v) is 8.58. The van der Waals surface area contributed by atoms with E-state index in [1.54, 1.807) is 24.6 Å². The Morgan fingerprint density at radius 2 is 0.981 bits per heavy atom. The number of nitrogens with zero attached hydrogens (tertiary/aromatic N) is 4. The summed E-state index contributed by atoms with van der Waals surface area (Å²) in [5.74, 6) is 1.69. The quantitative estimate of drug-likeness (QED) is 0.120. The molecular formula is C42H60N4O6. The van der Waals surface area contributed by atoms with E-state index in [1.807, 2.05) is 84.0 Å². The first kappa shape index (κ1) is 40.5. The molecule has 0 radical (unpaired) electrons. The van der Waals surface area contributed by atoms with Crippen LogP contribution in [0.15, 0.2) is 64.6 Å². The third-order valence-electron chi connectivity index (χ3n) is 8.58. The Hall–Kier alpha value is -4.28. The SMILES string of the molecule is CC(C)Oc1cccc(/C=N/CC(C)(C)CN2CCN(CC(C)(C)C/N=C/c3cccc(OC(C)C)c3O)C2c2cccc(OC(C)C)c2O)c1O. The summed E-state index contributed by atoms with van der Waals surface area (Å²) in [6, 6.07) is 16.6. The average molecular weight is 717 g/mol. The van der Waals surface area contributed by atoms with E-state index in [0.29, 0.717) is 41.5 Å². The lowest BCUT2D eigenvalue weighted by Crippen LogP contribution is -2.41. The Labute approximate surface area is 310 Å². The second-order valence-electron chi connectivity index (χ2n) is 16.2. The van der Waals surface area contributed by atoms with Gasteiger partial charge in [0.15, 0.2) is 34.5 Å². The van der Waals surface area contributed by atoms with Gasteiger partial charge < -0.3 is 29.5 Å². The summed E-state index contributed by atoms with van der Waals surface area (Å²) in [6.45, 7) is 24.5. The maximum absolute atomic E-state index is 11.6. The summed E-state index contributed by atoms with van der Waals surface area (Å²) in [4.78, 5) is 14.4. The van der Waals surface area contributed by atoms with Gasteiger partial charge in [-0.25, -0.2) is 0 Å². The predicted molar refractivity (Wildman–Crippen MR) is 210 cm³/mol. The van der Waals surface area contributed by atoms with E-state index in [4.69, 9.17) is 24.2 Å². The molecule has 0 amide bonds. The van der Waals surface area contributed by atoms with Crippen LogP contribution in [-0.2, 0) is 0 Å². The topological polar surface area (TPSA) is 120 Å². The maximum Gasteiger partial charge on any atom is 0.166 e. The molecule has 1 fully saturated rings. The summed E-state index contributed by atoms with van der Waals surface area (Å²) >= 11 is 0. The smallest absolute Gasteiger partial charge is 0.166 e. The number of aliphatic imine (C=N–C) groups is 2. The van der Waals surface area contributed by atoms with Crippen molar-refractivity contribution in [3.05, 3.63) is 71.3 Å². The molecule has 1 saturated heterocycles. The molecule has 4 rings (SSSR count). The van der Waals surface area contributed by atoms with Crippen LogP contribution in [0.4, 0.5) is 0 Å². The Morgan fingerprint density at radius 3 is 1.37 bits per heavy atom. The van der Waals surface area contributed by atoms with E-state index in [1.165, 1.54) is 0 Å². The number of benzene rings is 3. The van der Waals surface area contributed by atoms with Gasteiger partial charge in [-0.1, -0.05) is 52.0 Å². The van der Waals surface area contributed by atoms with Gasteiger partial charge in [-0.3, -0.25) is 19.8 Å². The number of ether oxygens (including phenoxy) is 3. The van der Waals surface area contributed by atoms with E-state index >= 15 is 0 Å². The van der Waals surface area contributed by atoms with Crippen molar-refractivity contribution in [2.45, 2.75) is 93.7 Å². The molecule has 0 unspecified atom stereocenters. The molecule has 10 heteroatoms. The molecule has 1 aliphatic rings. The van der Waals surface area contributed by atoms with E-state index in [-0.39, 0.29) is 52.6 Å². The van der Waals surface area contributed by atoms with E-state index < -0.39 is 0 Å². The molecule has 1 aliphatic heterocycles. The highest BCUT2D eigenvalue weighted by Crippen LogP contribution is 2.42. The van der Waals surface area contributed by atoms with Gasteiger partial charge in [-0.15, -0.1) is 0 Å². The van der Waals surface area contributed by atoms with Crippen LogP contribution in [0.5, 0.6) is 34.5 Å². The first-order valence-electron chi connectivity index (χ1n) is 18.4. The zero-order valence-corrected chi connectivity index (χ0v) is 32.8. The summed E-state index contributed by atoms with van der Waals surface area (Å²) in [5, 5.41) is 33.1. The second kappa shape index (κ2) is 17.5. The summed E-state index contributed by atoms with van der Waals surface area (Å²) < 4.78 is 17.5.